The molecule has 0 bridgehead atoms. The van der Waals surface area contributed by atoms with Crippen molar-refractivity contribution < 1.29 is 9.57 Å². The summed E-state index contributed by atoms with van der Waals surface area (Å²) in [6, 6.07) is 7.77. The molecule has 1 saturated carbocycles. The van der Waals surface area contributed by atoms with Crippen LogP contribution in [0.25, 0.3) is 0 Å². The molecule has 1 aliphatic carbocycles. The standard InChI is InChI=1S/C24H31N9O2.C2H6/c1-32-22(13-19(30-32)16-5-6-16)27-21-14-23(33-8-10-34-11-9-33)29-24(28-21)26-15-17-12-20(31-35-17)18-4-2-3-7-25-18;1-2/h2-4,7,12-14,16,20,22,30-31H,5-6,8-11,15H2,1H3,(H2,26,27,28,29);1-2H3. The minimum absolute atomic E-state index is 0.0232. The number of nitrogens with zero attached hydrogens (tertiary/aromatic N) is 5. The smallest absolute Gasteiger partial charge is 0.226 e. The Bertz CT molecular complexity index is 1100. The zero-order chi connectivity index (χ0) is 25.6. The summed E-state index contributed by atoms with van der Waals surface area (Å²) >= 11 is 0. The third-order valence-electron chi connectivity index (χ3n) is 6.52. The maximum absolute atomic E-state index is 5.67. The van der Waals surface area contributed by atoms with Crippen molar-refractivity contribution in [3.63, 3.8) is 0 Å². The van der Waals surface area contributed by atoms with Crippen LogP contribution in [0.3, 0.4) is 0 Å². The van der Waals surface area contributed by atoms with E-state index in [-0.39, 0.29) is 12.2 Å². The average Bonchev–Trinajstić information content (AvgIpc) is 3.59. The Morgan fingerprint density at radius 3 is 2.70 bits per heavy atom. The Morgan fingerprint density at radius 1 is 1.11 bits per heavy atom. The summed E-state index contributed by atoms with van der Waals surface area (Å²) in [6.07, 6.45) is 8.59. The summed E-state index contributed by atoms with van der Waals surface area (Å²) in [5.41, 5.74) is 8.69. The van der Waals surface area contributed by atoms with E-state index in [0.717, 1.165) is 36.2 Å². The Morgan fingerprint density at radius 2 is 1.95 bits per heavy atom. The second-order valence-corrected chi connectivity index (χ2v) is 9.18. The maximum atomic E-state index is 5.67. The van der Waals surface area contributed by atoms with Crippen LogP contribution in [-0.2, 0) is 9.57 Å². The van der Waals surface area contributed by atoms with Gasteiger partial charge < -0.3 is 30.5 Å². The molecule has 2 aromatic heterocycles. The lowest BCUT2D eigenvalue weighted by molar-refractivity contribution is 0.115. The molecule has 11 heteroatoms. The van der Waals surface area contributed by atoms with Crippen molar-refractivity contribution in [2.24, 2.45) is 5.92 Å². The van der Waals surface area contributed by atoms with E-state index in [1.54, 1.807) is 6.20 Å². The molecule has 2 unspecified atom stereocenters. The molecule has 198 valence electrons. The number of nitrogens with one attached hydrogen (secondary N) is 4. The fraction of sp³-hybridized carbons (Fsp3) is 0.500. The zero-order valence-electron chi connectivity index (χ0n) is 21.8. The molecule has 4 aliphatic rings. The fourth-order valence-corrected chi connectivity index (χ4v) is 4.41. The Labute approximate surface area is 218 Å². The van der Waals surface area contributed by atoms with Crippen LogP contribution >= 0.6 is 0 Å². The van der Waals surface area contributed by atoms with Crippen molar-refractivity contribution in [3.05, 3.63) is 59.8 Å². The fourth-order valence-electron chi connectivity index (χ4n) is 4.41. The molecule has 0 aromatic carbocycles. The van der Waals surface area contributed by atoms with E-state index in [4.69, 9.17) is 19.5 Å². The second-order valence-electron chi connectivity index (χ2n) is 9.18. The molecule has 2 atom stereocenters. The average molecular weight is 508 g/mol. The van der Waals surface area contributed by atoms with Crippen LogP contribution in [0.4, 0.5) is 17.6 Å². The number of ether oxygens (including phenoxy) is 1. The van der Waals surface area contributed by atoms with Gasteiger partial charge in [-0.15, -0.1) is 5.48 Å². The first kappa shape index (κ1) is 25.2. The third kappa shape index (κ3) is 6.30. The summed E-state index contributed by atoms with van der Waals surface area (Å²) in [4.78, 5) is 21.8. The lowest BCUT2D eigenvalue weighted by Crippen LogP contribution is -2.40. The predicted molar refractivity (Wildman–Crippen MR) is 143 cm³/mol. The van der Waals surface area contributed by atoms with Gasteiger partial charge in [0.05, 0.1) is 25.5 Å². The lowest BCUT2D eigenvalue weighted by atomic mass is 10.2. The Kier molecular flexibility index (Phi) is 8.02. The number of aromatic nitrogens is 3. The van der Waals surface area contributed by atoms with E-state index in [0.29, 0.717) is 31.6 Å². The van der Waals surface area contributed by atoms with Gasteiger partial charge in [0.15, 0.2) is 0 Å². The number of hydrogen-bond acceptors (Lipinski definition) is 11. The zero-order valence-corrected chi connectivity index (χ0v) is 21.8. The highest BCUT2D eigenvalue weighted by atomic mass is 16.7. The van der Waals surface area contributed by atoms with E-state index in [1.807, 2.05) is 51.2 Å². The highest BCUT2D eigenvalue weighted by Gasteiger charge is 2.32. The van der Waals surface area contributed by atoms with E-state index in [1.165, 1.54) is 18.5 Å². The first-order chi connectivity index (χ1) is 18.2. The van der Waals surface area contributed by atoms with Gasteiger partial charge >= 0.3 is 0 Å². The van der Waals surface area contributed by atoms with Gasteiger partial charge in [-0.1, -0.05) is 19.9 Å². The molecule has 3 aliphatic heterocycles. The van der Waals surface area contributed by atoms with E-state index in [2.05, 4.69) is 42.5 Å². The number of rotatable bonds is 8. The van der Waals surface area contributed by atoms with Crippen LogP contribution in [0.1, 0.15) is 38.4 Å². The van der Waals surface area contributed by atoms with Crippen LogP contribution in [-0.4, -0.2) is 66.0 Å². The molecule has 4 N–H and O–H groups in total. The van der Waals surface area contributed by atoms with Crippen LogP contribution < -0.4 is 26.4 Å². The maximum Gasteiger partial charge on any atom is 0.226 e. The molecule has 11 nitrogen and oxygen atoms in total. The first-order valence-electron chi connectivity index (χ1n) is 13.2. The minimum atomic E-state index is -0.0799. The molecular formula is C26H37N9O2. The third-order valence-corrected chi connectivity index (χ3v) is 6.52. The molecule has 0 amide bonds. The molecule has 2 fully saturated rings. The minimum Gasteiger partial charge on any atom is -0.411 e. The molecule has 0 spiro atoms. The molecule has 6 rings (SSSR count). The summed E-state index contributed by atoms with van der Waals surface area (Å²) in [5, 5.41) is 8.97. The summed E-state index contributed by atoms with van der Waals surface area (Å²) in [6.45, 7) is 7.45. The van der Waals surface area contributed by atoms with Crippen LogP contribution in [0.15, 0.2) is 54.1 Å². The van der Waals surface area contributed by atoms with Gasteiger partial charge in [0.25, 0.3) is 0 Å². The topological polar surface area (TPSA) is 112 Å². The number of hydroxylamine groups is 1. The molecule has 5 heterocycles. The molecule has 37 heavy (non-hydrogen) atoms. The lowest BCUT2D eigenvalue weighted by Gasteiger charge is -2.29. The SMILES string of the molecule is CC.CN1NC(C2CC2)=CC1Nc1cc(N2CCOCC2)nc(NCC2=CC(c3ccccn3)NO2)n1. The molecule has 2 aromatic rings. The number of allylic oxidation sites excluding steroid dienone is 1. The quantitative estimate of drug-likeness (QED) is 0.423. The number of hydrazine groups is 1. The predicted octanol–water partition coefficient (Wildman–Crippen LogP) is 2.79. The number of anilines is 3. The van der Waals surface area contributed by atoms with Crippen LogP contribution in [0.2, 0.25) is 0 Å². The number of likely N-dealkylation sites (N-methyl/N-ethyl adjacent to an activating group) is 1. The normalized spacial score (nSPS) is 23.3. The van der Waals surface area contributed by atoms with E-state index >= 15 is 0 Å². The van der Waals surface area contributed by atoms with Gasteiger partial charge in [-0.05, 0) is 43.0 Å². The Balaban J connectivity index is 0.00000137. The van der Waals surface area contributed by atoms with Gasteiger partial charge in [0.2, 0.25) is 5.95 Å². The summed E-state index contributed by atoms with van der Waals surface area (Å²) in [5.74, 6) is 3.62. The number of hydrogen-bond donors (Lipinski definition) is 4. The van der Waals surface area contributed by atoms with E-state index in [9.17, 15) is 0 Å². The highest BCUT2D eigenvalue weighted by Crippen LogP contribution is 2.37. The van der Waals surface area contributed by atoms with E-state index < -0.39 is 0 Å². The molecule has 1 saturated heterocycles. The number of pyridine rings is 1. The van der Waals surface area contributed by atoms with Crippen molar-refractivity contribution in [1.29, 1.82) is 0 Å². The van der Waals surface area contributed by atoms with Crippen LogP contribution in [0, 0.1) is 5.92 Å². The second kappa shape index (κ2) is 11.8. The van der Waals surface area contributed by atoms with Gasteiger partial charge in [0, 0.05) is 38.1 Å². The van der Waals surface area contributed by atoms with Crippen LogP contribution in [0.5, 0.6) is 0 Å². The number of morpholine rings is 1. The Hall–Kier alpha value is -3.41. The monoisotopic (exact) mass is 507 g/mol. The van der Waals surface area contributed by atoms with Gasteiger partial charge in [0.1, 0.15) is 29.6 Å². The summed E-state index contributed by atoms with van der Waals surface area (Å²) < 4.78 is 5.53. The van der Waals surface area contributed by atoms with Gasteiger partial charge in [-0.25, -0.2) is 5.01 Å². The molecular weight excluding hydrogens is 470 g/mol. The van der Waals surface area contributed by atoms with Gasteiger partial charge in [-0.2, -0.15) is 9.97 Å². The van der Waals surface area contributed by atoms with Crippen molar-refractivity contribution in [1.82, 2.24) is 30.9 Å². The van der Waals surface area contributed by atoms with Crippen molar-refractivity contribution in [3.8, 4) is 0 Å². The van der Waals surface area contributed by atoms with Crippen molar-refractivity contribution in [2.45, 2.75) is 38.9 Å². The molecule has 0 radical (unpaired) electrons. The van der Waals surface area contributed by atoms with Crippen molar-refractivity contribution >= 4 is 17.6 Å². The van der Waals surface area contributed by atoms with Crippen molar-refractivity contribution in [2.75, 3.05) is 55.4 Å². The summed E-state index contributed by atoms with van der Waals surface area (Å²) in [7, 11) is 2.04. The highest BCUT2D eigenvalue weighted by molar-refractivity contribution is 5.55. The largest absolute Gasteiger partial charge is 0.411 e. The first-order valence-corrected chi connectivity index (χ1v) is 13.2. The van der Waals surface area contributed by atoms with Gasteiger partial charge in [-0.3, -0.25) is 4.98 Å².